The Morgan fingerprint density at radius 1 is 1.28 bits per heavy atom. The van der Waals surface area contributed by atoms with E-state index in [2.05, 4.69) is 36.9 Å². The van der Waals surface area contributed by atoms with Crippen molar-refractivity contribution in [2.45, 2.75) is 26.4 Å². The second-order valence-corrected chi connectivity index (χ2v) is 4.55. The summed E-state index contributed by atoms with van der Waals surface area (Å²) in [6.07, 6.45) is 3.68. The molecule has 0 aliphatic rings. The third-order valence-corrected chi connectivity index (χ3v) is 2.69. The monoisotopic (exact) mass is 246 g/mol. The van der Waals surface area contributed by atoms with E-state index in [0.29, 0.717) is 19.0 Å². The first kappa shape index (κ1) is 14.5. The van der Waals surface area contributed by atoms with Crippen molar-refractivity contribution in [1.29, 1.82) is 0 Å². The summed E-state index contributed by atoms with van der Waals surface area (Å²) in [6.45, 7) is 13.2. The highest BCUT2D eigenvalue weighted by Gasteiger charge is 2.10. The third kappa shape index (κ3) is 3.70. The standard InChI is InChI=1S/C15H22N2O/c1-5-7-17(8-6-2)15-10-13(11-18)9-14(16-15)12(3)4/h5-6,9-10,12,18H,1-2,7-8,11H2,3-4H3. The zero-order valence-corrected chi connectivity index (χ0v) is 11.3. The van der Waals surface area contributed by atoms with Crippen LogP contribution in [0, 0.1) is 0 Å². The first-order chi connectivity index (χ1) is 8.62. The van der Waals surface area contributed by atoms with Crippen molar-refractivity contribution in [3.05, 3.63) is 48.7 Å². The van der Waals surface area contributed by atoms with Crippen LogP contribution in [-0.4, -0.2) is 23.2 Å². The van der Waals surface area contributed by atoms with Crippen LogP contribution in [0.1, 0.15) is 31.0 Å². The molecule has 0 aliphatic heterocycles. The summed E-state index contributed by atoms with van der Waals surface area (Å²) < 4.78 is 0. The van der Waals surface area contributed by atoms with Gasteiger partial charge in [0.2, 0.25) is 0 Å². The molecular weight excluding hydrogens is 224 g/mol. The minimum Gasteiger partial charge on any atom is -0.392 e. The maximum Gasteiger partial charge on any atom is 0.129 e. The molecule has 1 rings (SSSR count). The normalized spacial score (nSPS) is 10.4. The summed E-state index contributed by atoms with van der Waals surface area (Å²) in [6, 6.07) is 3.87. The highest BCUT2D eigenvalue weighted by molar-refractivity contribution is 5.44. The lowest BCUT2D eigenvalue weighted by Crippen LogP contribution is -2.24. The molecule has 3 heteroatoms. The molecule has 0 aromatic carbocycles. The van der Waals surface area contributed by atoms with Crippen molar-refractivity contribution in [3.8, 4) is 0 Å². The van der Waals surface area contributed by atoms with Gasteiger partial charge in [-0.25, -0.2) is 4.98 Å². The van der Waals surface area contributed by atoms with E-state index in [1.807, 2.05) is 24.3 Å². The molecule has 0 spiro atoms. The molecule has 0 atom stereocenters. The molecule has 1 aromatic rings. The quantitative estimate of drug-likeness (QED) is 0.752. The number of aliphatic hydroxyl groups excluding tert-OH is 1. The topological polar surface area (TPSA) is 36.4 Å². The zero-order valence-electron chi connectivity index (χ0n) is 11.3. The molecule has 1 heterocycles. The van der Waals surface area contributed by atoms with Crippen LogP contribution in [0.4, 0.5) is 5.82 Å². The molecule has 0 fully saturated rings. The lowest BCUT2D eigenvalue weighted by Gasteiger charge is -2.22. The van der Waals surface area contributed by atoms with Crippen molar-refractivity contribution in [3.63, 3.8) is 0 Å². The fourth-order valence-corrected chi connectivity index (χ4v) is 1.72. The van der Waals surface area contributed by atoms with Gasteiger partial charge in [0.05, 0.1) is 6.61 Å². The van der Waals surface area contributed by atoms with Gasteiger partial charge in [-0.15, -0.1) is 13.2 Å². The molecule has 1 N–H and O–H groups in total. The molecule has 0 saturated carbocycles. The Morgan fingerprint density at radius 3 is 2.33 bits per heavy atom. The number of aromatic nitrogens is 1. The minimum atomic E-state index is 0.0330. The second-order valence-electron chi connectivity index (χ2n) is 4.55. The van der Waals surface area contributed by atoms with Gasteiger partial charge in [0.25, 0.3) is 0 Å². The van der Waals surface area contributed by atoms with Gasteiger partial charge >= 0.3 is 0 Å². The Bertz CT molecular complexity index is 403. The average Bonchev–Trinajstić information content (AvgIpc) is 2.37. The fourth-order valence-electron chi connectivity index (χ4n) is 1.72. The maximum absolute atomic E-state index is 9.32. The molecule has 0 saturated heterocycles. The van der Waals surface area contributed by atoms with E-state index in [-0.39, 0.29) is 6.61 Å². The van der Waals surface area contributed by atoms with Gasteiger partial charge in [0.15, 0.2) is 0 Å². The van der Waals surface area contributed by atoms with Gasteiger partial charge in [-0.3, -0.25) is 0 Å². The third-order valence-electron chi connectivity index (χ3n) is 2.69. The first-order valence-corrected chi connectivity index (χ1v) is 6.20. The van der Waals surface area contributed by atoms with Crippen LogP contribution in [0.15, 0.2) is 37.4 Å². The predicted molar refractivity (Wildman–Crippen MR) is 76.9 cm³/mol. The lowest BCUT2D eigenvalue weighted by atomic mass is 10.1. The number of pyridine rings is 1. The van der Waals surface area contributed by atoms with Crippen LogP contribution >= 0.6 is 0 Å². The second kappa shape index (κ2) is 6.97. The number of aliphatic hydroxyl groups is 1. The van der Waals surface area contributed by atoms with Gasteiger partial charge in [-0.1, -0.05) is 26.0 Å². The predicted octanol–water partition coefficient (Wildman–Crippen LogP) is 2.88. The van der Waals surface area contributed by atoms with E-state index in [9.17, 15) is 5.11 Å². The van der Waals surface area contributed by atoms with E-state index in [1.54, 1.807) is 0 Å². The van der Waals surface area contributed by atoms with Gasteiger partial charge in [0, 0.05) is 18.8 Å². The van der Waals surface area contributed by atoms with Gasteiger partial charge < -0.3 is 10.0 Å². The first-order valence-electron chi connectivity index (χ1n) is 6.20. The van der Waals surface area contributed by atoms with Crippen molar-refractivity contribution in [1.82, 2.24) is 4.98 Å². The molecular formula is C15H22N2O. The Kier molecular flexibility index (Phi) is 5.59. The van der Waals surface area contributed by atoms with Crippen molar-refractivity contribution >= 4 is 5.82 Å². The van der Waals surface area contributed by atoms with Crippen molar-refractivity contribution in [2.75, 3.05) is 18.0 Å². The van der Waals surface area contributed by atoms with E-state index < -0.39 is 0 Å². The lowest BCUT2D eigenvalue weighted by molar-refractivity contribution is 0.281. The number of anilines is 1. The highest BCUT2D eigenvalue weighted by atomic mass is 16.3. The molecule has 3 nitrogen and oxygen atoms in total. The summed E-state index contributed by atoms with van der Waals surface area (Å²) in [7, 11) is 0. The van der Waals surface area contributed by atoms with Crippen LogP contribution in [-0.2, 0) is 6.61 Å². The van der Waals surface area contributed by atoms with Gasteiger partial charge in [-0.2, -0.15) is 0 Å². The Labute approximate surface area is 109 Å². The van der Waals surface area contributed by atoms with Gasteiger partial charge in [-0.05, 0) is 23.6 Å². The molecule has 0 amide bonds. The van der Waals surface area contributed by atoms with Crippen LogP contribution in [0.5, 0.6) is 0 Å². The molecule has 1 aromatic heterocycles. The Morgan fingerprint density at radius 2 is 1.89 bits per heavy atom. The van der Waals surface area contributed by atoms with E-state index in [4.69, 9.17) is 0 Å². The van der Waals surface area contributed by atoms with Gasteiger partial charge in [0.1, 0.15) is 5.82 Å². The smallest absolute Gasteiger partial charge is 0.129 e. The number of rotatable bonds is 7. The molecule has 0 aliphatic carbocycles. The Hall–Kier alpha value is -1.61. The minimum absolute atomic E-state index is 0.0330. The number of nitrogens with zero attached hydrogens (tertiary/aromatic N) is 2. The van der Waals surface area contributed by atoms with E-state index in [1.165, 1.54) is 0 Å². The van der Waals surface area contributed by atoms with Crippen molar-refractivity contribution in [2.24, 2.45) is 0 Å². The summed E-state index contributed by atoms with van der Waals surface area (Å²) in [5.74, 6) is 1.20. The summed E-state index contributed by atoms with van der Waals surface area (Å²) in [4.78, 5) is 6.71. The molecule has 0 bridgehead atoms. The number of hydrogen-bond acceptors (Lipinski definition) is 3. The molecule has 98 valence electrons. The summed E-state index contributed by atoms with van der Waals surface area (Å²) >= 11 is 0. The maximum atomic E-state index is 9.32. The average molecular weight is 246 g/mol. The van der Waals surface area contributed by atoms with Crippen LogP contribution in [0.3, 0.4) is 0 Å². The molecule has 18 heavy (non-hydrogen) atoms. The summed E-state index contributed by atoms with van der Waals surface area (Å²) in [5.41, 5.74) is 1.89. The summed E-state index contributed by atoms with van der Waals surface area (Å²) in [5, 5.41) is 9.32. The van der Waals surface area contributed by atoms with E-state index >= 15 is 0 Å². The highest BCUT2D eigenvalue weighted by Crippen LogP contribution is 2.20. The SMILES string of the molecule is C=CCN(CC=C)c1cc(CO)cc(C(C)C)n1. The zero-order chi connectivity index (χ0) is 13.5. The van der Waals surface area contributed by atoms with Crippen LogP contribution in [0.25, 0.3) is 0 Å². The molecule has 0 unspecified atom stereocenters. The number of hydrogen-bond donors (Lipinski definition) is 1. The van der Waals surface area contributed by atoms with Crippen LogP contribution in [0.2, 0.25) is 0 Å². The largest absolute Gasteiger partial charge is 0.392 e. The Balaban J connectivity index is 3.14. The van der Waals surface area contributed by atoms with Crippen molar-refractivity contribution < 1.29 is 5.11 Å². The van der Waals surface area contributed by atoms with E-state index in [0.717, 1.165) is 17.1 Å². The van der Waals surface area contributed by atoms with Crippen LogP contribution < -0.4 is 4.90 Å². The molecule has 0 radical (unpaired) electrons. The fraction of sp³-hybridized carbons (Fsp3) is 0.400.